The molecule has 0 saturated carbocycles. The minimum atomic E-state index is 0.258. The Labute approximate surface area is 130 Å². The van der Waals surface area contributed by atoms with Crippen molar-refractivity contribution in [3.05, 3.63) is 71.8 Å². The highest BCUT2D eigenvalue weighted by Crippen LogP contribution is 2.33. The Morgan fingerprint density at radius 2 is 0.905 bits per heavy atom. The minimum absolute atomic E-state index is 0.258. The molecule has 0 spiro atoms. The van der Waals surface area contributed by atoms with E-state index < -0.39 is 0 Å². The molecule has 0 aliphatic rings. The number of benzene rings is 2. The molecule has 0 heterocycles. The second-order valence-electron chi connectivity index (χ2n) is 7.35. The molecule has 0 aliphatic carbocycles. The zero-order valence-corrected chi connectivity index (χ0v) is 13.9. The molecule has 0 fully saturated rings. The molecule has 2 aromatic carbocycles. The van der Waals surface area contributed by atoms with Crippen LogP contribution in [0.15, 0.2) is 60.7 Å². The van der Waals surface area contributed by atoms with Crippen molar-refractivity contribution >= 4 is 0 Å². The van der Waals surface area contributed by atoms with E-state index in [-0.39, 0.29) is 10.8 Å². The van der Waals surface area contributed by atoms with Crippen LogP contribution in [-0.4, -0.2) is 0 Å². The third-order valence-corrected chi connectivity index (χ3v) is 4.71. The Morgan fingerprint density at radius 3 is 1.24 bits per heavy atom. The van der Waals surface area contributed by atoms with Crippen LogP contribution >= 0.6 is 0 Å². The van der Waals surface area contributed by atoms with Crippen molar-refractivity contribution in [1.82, 2.24) is 0 Å². The zero-order chi connectivity index (χ0) is 15.3. The van der Waals surface area contributed by atoms with Gasteiger partial charge in [0.15, 0.2) is 0 Å². The van der Waals surface area contributed by atoms with Gasteiger partial charge in [-0.2, -0.15) is 0 Å². The molecule has 0 nitrogen and oxygen atoms in total. The highest BCUT2D eigenvalue weighted by molar-refractivity contribution is 5.24. The molecule has 2 aromatic rings. The second kappa shape index (κ2) is 6.47. The molecule has 0 aromatic heterocycles. The largest absolute Gasteiger partial charge is 0.0622 e. The van der Waals surface area contributed by atoms with E-state index in [2.05, 4.69) is 88.4 Å². The number of hydrogen-bond donors (Lipinski definition) is 0. The maximum atomic E-state index is 2.36. The fourth-order valence-electron chi connectivity index (χ4n) is 3.04. The van der Waals surface area contributed by atoms with Gasteiger partial charge in [0.25, 0.3) is 0 Å². The lowest BCUT2D eigenvalue weighted by atomic mass is 9.75. The molecule has 0 radical (unpaired) electrons. The smallest absolute Gasteiger partial charge is 0.0104 e. The highest BCUT2D eigenvalue weighted by atomic mass is 14.3. The van der Waals surface area contributed by atoms with Gasteiger partial charge >= 0.3 is 0 Å². The van der Waals surface area contributed by atoms with Gasteiger partial charge in [0.2, 0.25) is 0 Å². The van der Waals surface area contributed by atoms with Gasteiger partial charge in [0.1, 0.15) is 0 Å². The van der Waals surface area contributed by atoms with E-state index in [1.165, 1.54) is 30.4 Å². The third kappa shape index (κ3) is 4.20. The summed E-state index contributed by atoms with van der Waals surface area (Å²) in [5.74, 6) is 0. The van der Waals surface area contributed by atoms with Gasteiger partial charge in [-0.15, -0.1) is 0 Å². The third-order valence-electron chi connectivity index (χ3n) is 4.71. The summed E-state index contributed by atoms with van der Waals surface area (Å²) in [6, 6.07) is 21.8. The number of rotatable bonds is 6. The normalized spacial score (nSPS) is 12.4. The molecule has 0 amide bonds. The summed E-state index contributed by atoms with van der Waals surface area (Å²) in [5, 5.41) is 0. The van der Waals surface area contributed by atoms with Crippen molar-refractivity contribution in [2.45, 2.75) is 57.8 Å². The molecule has 0 atom stereocenters. The molecule has 0 unspecified atom stereocenters. The van der Waals surface area contributed by atoms with E-state index in [1.54, 1.807) is 0 Å². The summed E-state index contributed by atoms with van der Waals surface area (Å²) in [6.07, 6.45) is 3.71. The Balaban J connectivity index is 1.95. The van der Waals surface area contributed by atoms with E-state index in [4.69, 9.17) is 0 Å². The van der Waals surface area contributed by atoms with Crippen LogP contribution in [0, 0.1) is 0 Å². The standard InChI is InChI=1S/C21H28/c1-20(2,18-12-7-5-8-13-18)16-11-17-21(3,4)19-14-9-6-10-15-19/h5-10,12-15H,11,16-17H2,1-4H3. The summed E-state index contributed by atoms with van der Waals surface area (Å²) < 4.78 is 0. The van der Waals surface area contributed by atoms with Crippen molar-refractivity contribution in [3.63, 3.8) is 0 Å². The first-order valence-electron chi connectivity index (χ1n) is 8.03. The molecule has 0 saturated heterocycles. The lowest BCUT2D eigenvalue weighted by Gasteiger charge is -2.29. The molecular weight excluding hydrogens is 252 g/mol. The highest BCUT2D eigenvalue weighted by Gasteiger charge is 2.24. The summed E-state index contributed by atoms with van der Waals surface area (Å²) >= 11 is 0. The van der Waals surface area contributed by atoms with Crippen LogP contribution in [0.2, 0.25) is 0 Å². The fourth-order valence-corrected chi connectivity index (χ4v) is 3.04. The summed E-state index contributed by atoms with van der Waals surface area (Å²) in [4.78, 5) is 0. The Kier molecular flexibility index (Phi) is 4.88. The van der Waals surface area contributed by atoms with Gasteiger partial charge in [-0.25, -0.2) is 0 Å². The van der Waals surface area contributed by atoms with Crippen molar-refractivity contribution < 1.29 is 0 Å². The van der Waals surface area contributed by atoms with E-state index in [9.17, 15) is 0 Å². The molecule has 21 heavy (non-hydrogen) atoms. The maximum absolute atomic E-state index is 2.36. The van der Waals surface area contributed by atoms with Gasteiger partial charge in [0, 0.05) is 0 Å². The SMILES string of the molecule is CC(C)(CCCC(C)(C)c1ccccc1)c1ccccc1. The van der Waals surface area contributed by atoms with Crippen LogP contribution in [0.3, 0.4) is 0 Å². The maximum Gasteiger partial charge on any atom is -0.0104 e. The molecular formula is C21H28. The summed E-state index contributed by atoms with van der Waals surface area (Å²) in [6.45, 7) is 9.44. The fraction of sp³-hybridized carbons (Fsp3) is 0.429. The average molecular weight is 280 g/mol. The predicted octanol–water partition coefficient (Wildman–Crippen LogP) is 6.11. The molecule has 2 rings (SSSR count). The van der Waals surface area contributed by atoms with Crippen LogP contribution in [0.25, 0.3) is 0 Å². The van der Waals surface area contributed by atoms with Crippen LogP contribution < -0.4 is 0 Å². The molecule has 112 valence electrons. The summed E-state index contributed by atoms with van der Waals surface area (Å²) in [5.41, 5.74) is 3.41. The minimum Gasteiger partial charge on any atom is -0.0622 e. The Hall–Kier alpha value is -1.56. The van der Waals surface area contributed by atoms with Crippen molar-refractivity contribution in [2.24, 2.45) is 0 Å². The van der Waals surface area contributed by atoms with E-state index >= 15 is 0 Å². The van der Waals surface area contributed by atoms with Crippen LogP contribution in [-0.2, 0) is 10.8 Å². The van der Waals surface area contributed by atoms with Gasteiger partial charge in [-0.1, -0.05) is 94.8 Å². The Morgan fingerprint density at radius 1 is 0.571 bits per heavy atom. The van der Waals surface area contributed by atoms with Gasteiger partial charge in [-0.05, 0) is 34.8 Å². The predicted molar refractivity (Wildman–Crippen MR) is 92.8 cm³/mol. The molecule has 0 bridgehead atoms. The first-order chi connectivity index (χ1) is 9.92. The van der Waals surface area contributed by atoms with Gasteiger partial charge in [-0.3, -0.25) is 0 Å². The van der Waals surface area contributed by atoms with E-state index in [0.717, 1.165) is 0 Å². The zero-order valence-electron chi connectivity index (χ0n) is 13.9. The molecule has 0 aliphatic heterocycles. The topological polar surface area (TPSA) is 0 Å². The van der Waals surface area contributed by atoms with Crippen molar-refractivity contribution in [3.8, 4) is 0 Å². The molecule has 0 N–H and O–H groups in total. The first kappa shape index (κ1) is 15.8. The van der Waals surface area contributed by atoms with Crippen molar-refractivity contribution in [2.75, 3.05) is 0 Å². The first-order valence-corrected chi connectivity index (χ1v) is 8.03. The molecule has 0 heteroatoms. The van der Waals surface area contributed by atoms with Crippen LogP contribution in [0.4, 0.5) is 0 Å². The quantitative estimate of drug-likeness (QED) is 0.598. The second-order valence-corrected chi connectivity index (χ2v) is 7.35. The van der Waals surface area contributed by atoms with Crippen LogP contribution in [0.5, 0.6) is 0 Å². The number of hydrogen-bond acceptors (Lipinski definition) is 0. The van der Waals surface area contributed by atoms with Crippen LogP contribution in [0.1, 0.15) is 58.1 Å². The van der Waals surface area contributed by atoms with Gasteiger partial charge < -0.3 is 0 Å². The lowest BCUT2D eigenvalue weighted by molar-refractivity contribution is 0.392. The average Bonchev–Trinajstić information content (AvgIpc) is 2.49. The summed E-state index contributed by atoms with van der Waals surface area (Å²) in [7, 11) is 0. The lowest BCUT2D eigenvalue weighted by Crippen LogP contribution is -2.21. The van der Waals surface area contributed by atoms with E-state index in [1.807, 2.05) is 0 Å². The van der Waals surface area contributed by atoms with Gasteiger partial charge in [0.05, 0.1) is 0 Å². The van der Waals surface area contributed by atoms with E-state index in [0.29, 0.717) is 0 Å². The Bertz CT molecular complexity index is 483. The van der Waals surface area contributed by atoms with Crippen molar-refractivity contribution in [1.29, 1.82) is 0 Å². The monoisotopic (exact) mass is 280 g/mol.